The summed E-state index contributed by atoms with van der Waals surface area (Å²) < 4.78 is 72.5. The summed E-state index contributed by atoms with van der Waals surface area (Å²) in [6.07, 6.45) is -2.08. The van der Waals surface area contributed by atoms with E-state index in [1.165, 1.54) is 12.4 Å². The van der Waals surface area contributed by atoms with E-state index in [0.29, 0.717) is 11.6 Å². The van der Waals surface area contributed by atoms with Crippen molar-refractivity contribution < 1.29 is 31.1 Å². The number of sulfonamides is 1. The molecule has 2 heterocycles. The Bertz CT molecular complexity index is 1170. The third kappa shape index (κ3) is 3.60. The van der Waals surface area contributed by atoms with E-state index in [2.05, 4.69) is 19.8 Å². The van der Waals surface area contributed by atoms with Crippen LogP contribution in [0.5, 0.6) is 0 Å². The van der Waals surface area contributed by atoms with E-state index in [9.17, 15) is 26.4 Å². The fourth-order valence-corrected chi connectivity index (χ4v) is 3.31. The molecule has 0 spiro atoms. The molecule has 3 aromatic rings. The first-order valence-corrected chi connectivity index (χ1v) is 9.01. The number of rotatable bonds is 4. The van der Waals surface area contributed by atoms with E-state index in [-0.39, 0.29) is 5.78 Å². The number of aryl methyl sites for hydroxylation is 1. The third-order valence-corrected chi connectivity index (χ3v) is 4.68. The number of carbonyl (C=O) groups excluding carboxylic acids is 1. The summed E-state index contributed by atoms with van der Waals surface area (Å²) in [7, 11) is -3.72. The van der Waals surface area contributed by atoms with Crippen molar-refractivity contribution in [3.63, 3.8) is 0 Å². The van der Waals surface area contributed by atoms with E-state index in [1.807, 2.05) is 0 Å². The molecule has 13 heteroatoms. The van der Waals surface area contributed by atoms with Gasteiger partial charge in [0.15, 0.2) is 0 Å². The van der Waals surface area contributed by atoms with Gasteiger partial charge in [0.05, 0.1) is 23.9 Å². The lowest BCUT2D eigenvalue weighted by atomic mass is 10.1. The molecule has 0 aliphatic heterocycles. The van der Waals surface area contributed by atoms with Crippen LogP contribution >= 0.6 is 0 Å². The van der Waals surface area contributed by atoms with E-state index >= 15 is 0 Å². The number of fused-ring (bicyclic) bond motifs is 1. The third-order valence-electron chi connectivity index (χ3n) is 3.56. The summed E-state index contributed by atoms with van der Waals surface area (Å²) in [6, 6.07) is 2.59. The van der Waals surface area contributed by atoms with Crippen LogP contribution in [0.4, 0.5) is 18.9 Å². The van der Waals surface area contributed by atoms with Gasteiger partial charge < -0.3 is 4.74 Å². The van der Waals surface area contributed by atoms with Crippen molar-refractivity contribution in [3.8, 4) is 0 Å². The molecule has 0 bridgehead atoms. The number of aromatic nitrogens is 4. The summed E-state index contributed by atoms with van der Waals surface area (Å²) in [5.74, 6) is -1.22. The molecule has 0 fully saturated rings. The SMILES string of the molecule is COC(=O)c1cccc(C(F)(F)F)c1NS(=O)(=O)c1nc2ncc(C)cn2n1. The fourth-order valence-electron chi connectivity index (χ4n) is 2.33. The number of nitrogens with one attached hydrogen (secondary N) is 1. The van der Waals surface area contributed by atoms with Gasteiger partial charge in [-0.25, -0.2) is 14.3 Å². The van der Waals surface area contributed by atoms with Crippen LogP contribution in [0.2, 0.25) is 0 Å². The van der Waals surface area contributed by atoms with Crippen molar-refractivity contribution in [2.45, 2.75) is 18.3 Å². The van der Waals surface area contributed by atoms with Gasteiger partial charge in [-0.2, -0.15) is 26.6 Å². The molecule has 9 nitrogen and oxygen atoms in total. The first kappa shape index (κ1) is 19.5. The zero-order valence-electron chi connectivity index (χ0n) is 14.4. The molecule has 2 aromatic heterocycles. The van der Waals surface area contributed by atoms with E-state index in [4.69, 9.17) is 0 Å². The molecule has 1 N–H and O–H groups in total. The zero-order chi connectivity index (χ0) is 20.7. The molecule has 0 amide bonds. The van der Waals surface area contributed by atoms with Crippen molar-refractivity contribution >= 4 is 27.5 Å². The van der Waals surface area contributed by atoms with Crippen LogP contribution in [0, 0.1) is 6.92 Å². The van der Waals surface area contributed by atoms with Gasteiger partial charge in [-0.15, -0.1) is 5.10 Å². The number of hydrogen-bond donors (Lipinski definition) is 1. The second-order valence-electron chi connectivity index (χ2n) is 5.59. The monoisotopic (exact) mass is 415 g/mol. The first-order chi connectivity index (χ1) is 13.0. The normalized spacial score (nSPS) is 12.2. The van der Waals surface area contributed by atoms with Gasteiger partial charge in [-0.1, -0.05) is 6.07 Å². The number of benzene rings is 1. The molecule has 0 radical (unpaired) electrons. The van der Waals surface area contributed by atoms with Gasteiger partial charge in [0.1, 0.15) is 0 Å². The van der Waals surface area contributed by atoms with E-state index < -0.39 is 44.1 Å². The average molecular weight is 415 g/mol. The average Bonchev–Trinajstić information content (AvgIpc) is 3.04. The van der Waals surface area contributed by atoms with Crippen molar-refractivity contribution in [1.82, 2.24) is 19.6 Å². The van der Waals surface area contributed by atoms with Crippen molar-refractivity contribution in [1.29, 1.82) is 0 Å². The highest BCUT2D eigenvalue weighted by molar-refractivity contribution is 7.92. The smallest absolute Gasteiger partial charge is 0.418 e. The summed E-state index contributed by atoms with van der Waals surface area (Å²) in [5.41, 5.74) is -2.30. The predicted molar refractivity (Wildman–Crippen MR) is 89.1 cm³/mol. The Labute approximate surface area is 156 Å². The highest BCUT2D eigenvalue weighted by Crippen LogP contribution is 2.37. The number of ether oxygens (including phenoxy) is 1. The van der Waals surface area contributed by atoms with Gasteiger partial charge in [0.25, 0.3) is 21.0 Å². The standard InChI is InChI=1S/C15H12F3N5O4S/c1-8-6-19-13-20-14(21-23(13)7-8)28(25,26)22-11-9(12(24)27-2)4-3-5-10(11)15(16,17)18/h3-7,22H,1-2H3. The molecule has 0 saturated heterocycles. The molecule has 28 heavy (non-hydrogen) atoms. The number of carbonyl (C=O) groups is 1. The largest absolute Gasteiger partial charge is 0.465 e. The fraction of sp³-hybridized carbons (Fsp3) is 0.200. The van der Waals surface area contributed by atoms with Crippen molar-refractivity contribution in [2.75, 3.05) is 11.8 Å². The molecule has 0 aliphatic carbocycles. The van der Waals surface area contributed by atoms with Crippen LogP contribution in [-0.4, -0.2) is 41.1 Å². The molecular weight excluding hydrogens is 403 g/mol. The minimum atomic E-state index is -4.94. The van der Waals surface area contributed by atoms with E-state index in [0.717, 1.165) is 23.8 Å². The Kier molecular flexibility index (Phi) is 4.71. The molecule has 148 valence electrons. The van der Waals surface area contributed by atoms with Gasteiger partial charge >= 0.3 is 12.1 Å². The highest BCUT2D eigenvalue weighted by atomic mass is 32.2. The quantitative estimate of drug-likeness (QED) is 0.648. The van der Waals surface area contributed by atoms with E-state index in [1.54, 1.807) is 11.6 Å². The van der Waals surface area contributed by atoms with Gasteiger partial charge in [0.2, 0.25) is 0 Å². The van der Waals surface area contributed by atoms with Crippen LogP contribution < -0.4 is 4.72 Å². The molecule has 0 atom stereocenters. The maximum Gasteiger partial charge on any atom is 0.418 e. The Morgan fingerprint density at radius 1 is 1.29 bits per heavy atom. The second-order valence-corrected chi connectivity index (χ2v) is 7.17. The van der Waals surface area contributed by atoms with Gasteiger partial charge in [0, 0.05) is 12.4 Å². The van der Waals surface area contributed by atoms with Crippen molar-refractivity contribution in [3.05, 3.63) is 47.3 Å². The molecular formula is C15H12F3N5O4S. The second kappa shape index (κ2) is 6.74. The number of alkyl halides is 3. The minimum absolute atomic E-state index is 0.0664. The molecule has 0 unspecified atom stereocenters. The lowest BCUT2D eigenvalue weighted by molar-refractivity contribution is -0.136. The number of methoxy groups -OCH3 is 1. The Morgan fingerprint density at radius 2 is 2.00 bits per heavy atom. The Hall–Kier alpha value is -3.22. The summed E-state index contributed by atoms with van der Waals surface area (Å²) in [5, 5.41) is 2.92. The highest BCUT2D eigenvalue weighted by Gasteiger charge is 2.37. The first-order valence-electron chi connectivity index (χ1n) is 7.53. The Balaban J connectivity index is 2.13. The van der Waals surface area contributed by atoms with Crippen LogP contribution in [0.25, 0.3) is 5.78 Å². The Morgan fingerprint density at radius 3 is 2.64 bits per heavy atom. The lowest BCUT2D eigenvalue weighted by Gasteiger charge is -2.16. The van der Waals surface area contributed by atoms with Crippen LogP contribution in [0.1, 0.15) is 21.5 Å². The predicted octanol–water partition coefficient (Wildman–Crippen LogP) is 2.04. The van der Waals surface area contributed by atoms with Crippen molar-refractivity contribution in [2.24, 2.45) is 0 Å². The number of hydrogen-bond acceptors (Lipinski definition) is 7. The summed E-state index contributed by atoms with van der Waals surface area (Å²) in [4.78, 5) is 19.4. The summed E-state index contributed by atoms with van der Waals surface area (Å²) >= 11 is 0. The van der Waals surface area contributed by atoms with Gasteiger partial charge in [-0.05, 0) is 24.6 Å². The molecule has 0 saturated carbocycles. The molecule has 3 rings (SSSR count). The zero-order valence-corrected chi connectivity index (χ0v) is 15.2. The molecule has 0 aliphatic rings. The number of halogens is 3. The van der Waals surface area contributed by atoms with Crippen LogP contribution in [0.3, 0.4) is 0 Å². The molecule has 1 aromatic carbocycles. The summed E-state index contributed by atoms with van der Waals surface area (Å²) in [6.45, 7) is 1.68. The van der Waals surface area contributed by atoms with Gasteiger partial charge in [-0.3, -0.25) is 4.72 Å². The maximum absolute atomic E-state index is 13.4. The topological polar surface area (TPSA) is 116 Å². The van der Waals surface area contributed by atoms with Crippen LogP contribution in [-0.2, 0) is 20.9 Å². The lowest BCUT2D eigenvalue weighted by Crippen LogP contribution is -2.21. The number of esters is 1. The minimum Gasteiger partial charge on any atom is -0.465 e. The number of nitrogens with zero attached hydrogens (tertiary/aromatic N) is 4. The number of para-hydroxylation sites is 1. The maximum atomic E-state index is 13.4. The number of anilines is 1. The van der Waals surface area contributed by atoms with Crippen LogP contribution in [0.15, 0.2) is 35.7 Å².